The molecule has 0 aliphatic heterocycles. The van der Waals surface area contributed by atoms with Gasteiger partial charge in [-0.3, -0.25) is 4.68 Å². The quantitative estimate of drug-likeness (QED) is 0.800. The van der Waals surface area contributed by atoms with Gasteiger partial charge < -0.3 is 4.74 Å². The van der Waals surface area contributed by atoms with Gasteiger partial charge >= 0.3 is 0 Å². The highest BCUT2D eigenvalue weighted by atomic mass is 16.5. The first-order valence-corrected chi connectivity index (χ1v) is 6.86. The van der Waals surface area contributed by atoms with E-state index in [4.69, 9.17) is 4.74 Å². The van der Waals surface area contributed by atoms with E-state index in [0.29, 0.717) is 6.10 Å². The molecule has 1 aromatic rings. The summed E-state index contributed by atoms with van der Waals surface area (Å²) in [6.07, 6.45) is 9.07. The second kappa shape index (κ2) is 5.56. The van der Waals surface area contributed by atoms with E-state index in [9.17, 15) is 0 Å². The minimum Gasteiger partial charge on any atom is -0.487 e. The van der Waals surface area contributed by atoms with Crippen LogP contribution in [-0.4, -0.2) is 15.9 Å². The number of nitrogens with zero attached hydrogens (tertiary/aromatic N) is 2. The largest absolute Gasteiger partial charge is 0.487 e. The van der Waals surface area contributed by atoms with E-state index < -0.39 is 0 Å². The second-order valence-corrected chi connectivity index (χ2v) is 5.60. The van der Waals surface area contributed by atoms with Crippen molar-refractivity contribution in [3.8, 4) is 5.75 Å². The Kier molecular flexibility index (Phi) is 4.08. The molecule has 2 atom stereocenters. The molecule has 1 heterocycles. The van der Waals surface area contributed by atoms with Crippen LogP contribution < -0.4 is 4.74 Å². The van der Waals surface area contributed by atoms with Gasteiger partial charge in [0, 0.05) is 6.54 Å². The fourth-order valence-corrected chi connectivity index (χ4v) is 2.92. The molecule has 3 heteroatoms. The minimum absolute atomic E-state index is 0.382. The normalized spacial score (nSPS) is 29.2. The SMILES string of the molecule is CCCn1cc(OC2CC(C)CC(C)C2)cn1. The number of ether oxygens (including phenoxy) is 1. The second-order valence-electron chi connectivity index (χ2n) is 5.60. The highest BCUT2D eigenvalue weighted by Crippen LogP contribution is 2.31. The molecule has 1 aromatic heterocycles. The average Bonchev–Trinajstić information content (AvgIpc) is 2.64. The van der Waals surface area contributed by atoms with Crippen LogP contribution in [0.3, 0.4) is 0 Å². The zero-order valence-electron chi connectivity index (χ0n) is 11.2. The Morgan fingerprint density at radius 1 is 1.29 bits per heavy atom. The standard InChI is InChI=1S/C14H24N2O/c1-4-5-16-10-14(9-15-16)17-13-7-11(2)6-12(3)8-13/h9-13H,4-8H2,1-3H3. The third-order valence-electron chi connectivity index (χ3n) is 3.50. The molecular formula is C14H24N2O. The van der Waals surface area contributed by atoms with Crippen molar-refractivity contribution in [1.82, 2.24) is 9.78 Å². The predicted octanol–water partition coefficient (Wildman–Crippen LogP) is 3.50. The van der Waals surface area contributed by atoms with Crippen LogP contribution in [0.1, 0.15) is 46.5 Å². The Balaban J connectivity index is 1.90. The summed E-state index contributed by atoms with van der Waals surface area (Å²) in [5.41, 5.74) is 0. The lowest BCUT2D eigenvalue weighted by molar-refractivity contribution is 0.101. The lowest BCUT2D eigenvalue weighted by Crippen LogP contribution is -2.28. The van der Waals surface area contributed by atoms with Crippen LogP contribution in [-0.2, 0) is 6.54 Å². The van der Waals surface area contributed by atoms with Crippen molar-refractivity contribution in [2.24, 2.45) is 11.8 Å². The van der Waals surface area contributed by atoms with Crippen molar-refractivity contribution in [1.29, 1.82) is 0 Å². The van der Waals surface area contributed by atoms with Crippen molar-refractivity contribution in [2.45, 2.75) is 59.1 Å². The van der Waals surface area contributed by atoms with E-state index in [1.165, 1.54) is 19.3 Å². The van der Waals surface area contributed by atoms with Crippen molar-refractivity contribution in [3.05, 3.63) is 12.4 Å². The third kappa shape index (κ3) is 3.48. The van der Waals surface area contributed by atoms with E-state index in [1.807, 2.05) is 17.1 Å². The Morgan fingerprint density at radius 2 is 2.00 bits per heavy atom. The van der Waals surface area contributed by atoms with Crippen LogP contribution in [0.2, 0.25) is 0 Å². The lowest BCUT2D eigenvalue weighted by Gasteiger charge is -2.31. The molecule has 3 nitrogen and oxygen atoms in total. The average molecular weight is 236 g/mol. The third-order valence-corrected chi connectivity index (χ3v) is 3.50. The predicted molar refractivity (Wildman–Crippen MR) is 69.1 cm³/mol. The highest BCUT2D eigenvalue weighted by Gasteiger charge is 2.25. The lowest BCUT2D eigenvalue weighted by atomic mass is 9.82. The Labute approximate surface area is 104 Å². The summed E-state index contributed by atoms with van der Waals surface area (Å²) in [6.45, 7) is 7.78. The van der Waals surface area contributed by atoms with Crippen molar-refractivity contribution >= 4 is 0 Å². The molecule has 1 fully saturated rings. The van der Waals surface area contributed by atoms with E-state index in [-0.39, 0.29) is 0 Å². The van der Waals surface area contributed by atoms with Gasteiger partial charge in [-0.15, -0.1) is 0 Å². The molecule has 17 heavy (non-hydrogen) atoms. The molecule has 0 radical (unpaired) electrons. The molecule has 96 valence electrons. The minimum atomic E-state index is 0.382. The monoisotopic (exact) mass is 236 g/mol. The van der Waals surface area contributed by atoms with E-state index >= 15 is 0 Å². The summed E-state index contributed by atoms with van der Waals surface area (Å²) in [5.74, 6) is 2.51. The molecule has 0 amide bonds. The molecule has 1 aliphatic carbocycles. The molecule has 0 bridgehead atoms. The van der Waals surface area contributed by atoms with Crippen LogP contribution >= 0.6 is 0 Å². The molecular weight excluding hydrogens is 212 g/mol. The van der Waals surface area contributed by atoms with Gasteiger partial charge in [-0.1, -0.05) is 20.8 Å². The van der Waals surface area contributed by atoms with Crippen molar-refractivity contribution < 1.29 is 4.74 Å². The molecule has 2 unspecified atom stereocenters. The number of aromatic nitrogens is 2. The van der Waals surface area contributed by atoms with Gasteiger partial charge in [-0.2, -0.15) is 5.10 Å². The van der Waals surface area contributed by atoms with Gasteiger partial charge in [0.1, 0.15) is 0 Å². The van der Waals surface area contributed by atoms with Gasteiger partial charge in [0.2, 0.25) is 0 Å². The van der Waals surface area contributed by atoms with Gasteiger partial charge in [-0.25, -0.2) is 0 Å². The van der Waals surface area contributed by atoms with Crippen molar-refractivity contribution in [2.75, 3.05) is 0 Å². The summed E-state index contributed by atoms with van der Waals surface area (Å²) in [4.78, 5) is 0. The Hall–Kier alpha value is -0.990. The summed E-state index contributed by atoms with van der Waals surface area (Å²) in [6, 6.07) is 0. The molecule has 0 saturated heterocycles. The van der Waals surface area contributed by atoms with Crippen LogP contribution in [0.5, 0.6) is 5.75 Å². The fourth-order valence-electron chi connectivity index (χ4n) is 2.92. The number of rotatable bonds is 4. The summed E-state index contributed by atoms with van der Waals surface area (Å²) in [5, 5.41) is 4.30. The zero-order valence-corrected chi connectivity index (χ0v) is 11.2. The van der Waals surface area contributed by atoms with Crippen LogP contribution in [0.15, 0.2) is 12.4 Å². The van der Waals surface area contributed by atoms with E-state index in [1.54, 1.807) is 0 Å². The van der Waals surface area contributed by atoms with Crippen molar-refractivity contribution in [3.63, 3.8) is 0 Å². The molecule has 1 saturated carbocycles. The van der Waals surface area contributed by atoms with Gasteiger partial charge in [0.05, 0.1) is 18.5 Å². The highest BCUT2D eigenvalue weighted by molar-refractivity contribution is 5.12. The number of hydrogen-bond donors (Lipinski definition) is 0. The first kappa shape index (κ1) is 12.5. The zero-order chi connectivity index (χ0) is 12.3. The maximum atomic E-state index is 6.04. The summed E-state index contributed by atoms with van der Waals surface area (Å²) in [7, 11) is 0. The topological polar surface area (TPSA) is 27.1 Å². The molecule has 2 rings (SSSR count). The van der Waals surface area contributed by atoms with Crippen LogP contribution in [0, 0.1) is 11.8 Å². The first-order valence-electron chi connectivity index (χ1n) is 6.86. The van der Waals surface area contributed by atoms with Gasteiger partial charge in [0.15, 0.2) is 5.75 Å². The number of hydrogen-bond acceptors (Lipinski definition) is 2. The molecule has 0 N–H and O–H groups in total. The van der Waals surface area contributed by atoms with E-state index in [0.717, 1.165) is 30.6 Å². The first-order chi connectivity index (χ1) is 8.17. The summed E-state index contributed by atoms with van der Waals surface area (Å²) < 4.78 is 8.00. The van der Waals surface area contributed by atoms with Crippen LogP contribution in [0.4, 0.5) is 0 Å². The number of aryl methyl sites for hydroxylation is 1. The Bertz CT molecular complexity index is 338. The summed E-state index contributed by atoms with van der Waals surface area (Å²) >= 11 is 0. The smallest absolute Gasteiger partial charge is 0.157 e. The van der Waals surface area contributed by atoms with Gasteiger partial charge in [-0.05, 0) is 37.5 Å². The van der Waals surface area contributed by atoms with Gasteiger partial charge in [0.25, 0.3) is 0 Å². The Morgan fingerprint density at radius 3 is 2.65 bits per heavy atom. The maximum absolute atomic E-state index is 6.04. The van der Waals surface area contributed by atoms with E-state index in [2.05, 4.69) is 25.9 Å². The molecule has 1 aliphatic rings. The van der Waals surface area contributed by atoms with Crippen LogP contribution in [0.25, 0.3) is 0 Å². The molecule has 0 aromatic carbocycles. The molecule has 0 spiro atoms. The maximum Gasteiger partial charge on any atom is 0.157 e. The fraction of sp³-hybridized carbons (Fsp3) is 0.786.